The minimum atomic E-state index is -4.87. The van der Waals surface area contributed by atoms with Crippen molar-refractivity contribution in [3.8, 4) is 5.75 Å². The Morgan fingerprint density at radius 2 is 2.06 bits per heavy atom. The fourth-order valence-corrected chi connectivity index (χ4v) is 5.20. The number of urea groups is 1. The van der Waals surface area contributed by atoms with Gasteiger partial charge < -0.3 is 9.84 Å². The number of nitrogens with zero attached hydrogens (tertiary/aromatic N) is 2. The largest absolute Gasteiger partial charge is 0.573 e. The van der Waals surface area contributed by atoms with Crippen LogP contribution in [0.4, 0.5) is 28.8 Å². The first-order chi connectivity index (χ1) is 15.1. The molecule has 32 heavy (non-hydrogen) atoms. The molecule has 13 heteroatoms. The van der Waals surface area contributed by atoms with E-state index in [4.69, 9.17) is 5.11 Å². The Balaban J connectivity index is 1.80. The average Bonchev–Trinajstić information content (AvgIpc) is 3.37. The second kappa shape index (κ2) is 10.8. The summed E-state index contributed by atoms with van der Waals surface area (Å²) in [6, 6.07) is 3.57. The number of thioether (sulfide) groups is 1. The number of ether oxygens (including phenoxy) is 1. The van der Waals surface area contributed by atoms with Crippen LogP contribution in [0.15, 0.2) is 33.1 Å². The Kier molecular flexibility index (Phi) is 8.28. The van der Waals surface area contributed by atoms with Gasteiger partial charge in [-0.05, 0) is 46.8 Å². The average molecular weight is 554 g/mol. The zero-order chi connectivity index (χ0) is 23.3. The summed E-state index contributed by atoms with van der Waals surface area (Å²) in [5.41, 5.74) is 0.258. The van der Waals surface area contributed by atoms with Gasteiger partial charge in [0.2, 0.25) is 0 Å². The molecular formula is C19H19BrF3N3O4S2. The molecule has 7 nitrogen and oxygen atoms in total. The summed E-state index contributed by atoms with van der Waals surface area (Å²) < 4.78 is 43.1. The van der Waals surface area contributed by atoms with Crippen molar-refractivity contribution in [2.75, 3.05) is 22.5 Å². The predicted molar refractivity (Wildman–Crippen MR) is 120 cm³/mol. The van der Waals surface area contributed by atoms with Crippen molar-refractivity contribution in [1.29, 1.82) is 0 Å². The molecule has 0 bridgehead atoms. The number of halogens is 4. The molecule has 1 fully saturated rings. The maximum Gasteiger partial charge on any atom is 0.573 e. The van der Waals surface area contributed by atoms with Gasteiger partial charge >= 0.3 is 18.4 Å². The second-order valence-corrected chi connectivity index (χ2v) is 10.2. The van der Waals surface area contributed by atoms with Crippen molar-refractivity contribution in [3.05, 3.63) is 28.9 Å². The first-order valence-corrected chi connectivity index (χ1v) is 12.1. The zero-order valence-corrected chi connectivity index (χ0v) is 19.7. The van der Waals surface area contributed by atoms with Crippen LogP contribution in [0.25, 0.3) is 0 Å². The summed E-state index contributed by atoms with van der Waals surface area (Å²) in [6.45, 7) is 0.338. The monoisotopic (exact) mass is 553 g/mol. The van der Waals surface area contributed by atoms with E-state index in [-0.39, 0.29) is 27.0 Å². The third kappa shape index (κ3) is 7.27. The molecule has 2 N–H and O–H groups in total. The fraction of sp³-hybridized carbons (Fsp3) is 0.421. The number of carbonyl (C=O) groups is 2. The van der Waals surface area contributed by atoms with Crippen LogP contribution < -0.4 is 15.0 Å². The molecule has 0 radical (unpaired) electrons. The summed E-state index contributed by atoms with van der Waals surface area (Å²) in [6.07, 6.45) is 0.534. The minimum absolute atomic E-state index is 0.111. The Bertz CT molecular complexity index is 968. The smallest absolute Gasteiger partial charge is 0.481 e. The summed E-state index contributed by atoms with van der Waals surface area (Å²) in [5, 5.41) is 11.7. The number of amides is 2. The van der Waals surface area contributed by atoms with Crippen LogP contribution in [0.5, 0.6) is 5.75 Å². The highest BCUT2D eigenvalue weighted by Gasteiger charge is 2.33. The molecule has 1 aliphatic rings. The van der Waals surface area contributed by atoms with Crippen molar-refractivity contribution >= 4 is 61.8 Å². The summed E-state index contributed by atoms with van der Waals surface area (Å²) >= 11 is 5.24. The number of aromatic nitrogens is 1. The quantitative estimate of drug-likeness (QED) is 0.377. The first kappa shape index (κ1) is 24.6. The van der Waals surface area contributed by atoms with Gasteiger partial charge in [-0.3, -0.25) is 15.0 Å². The lowest BCUT2D eigenvalue weighted by Gasteiger charge is -2.26. The van der Waals surface area contributed by atoms with Crippen molar-refractivity contribution in [2.45, 2.75) is 36.3 Å². The number of carboxylic acids is 1. The number of hydrogen-bond donors (Lipinski definition) is 2. The number of benzene rings is 1. The van der Waals surface area contributed by atoms with Gasteiger partial charge in [0.05, 0.1) is 20.6 Å². The number of nitrogens with one attached hydrogen (secondary N) is 1. The number of hydrogen-bond acceptors (Lipinski definition) is 6. The third-order valence-corrected chi connectivity index (χ3v) is 7.40. The Morgan fingerprint density at radius 1 is 1.34 bits per heavy atom. The van der Waals surface area contributed by atoms with Crippen molar-refractivity contribution in [2.24, 2.45) is 5.92 Å². The summed E-state index contributed by atoms with van der Waals surface area (Å²) in [7, 11) is 0. The van der Waals surface area contributed by atoms with Crippen LogP contribution in [0.1, 0.15) is 25.7 Å². The Morgan fingerprint density at radius 3 is 2.72 bits per heavy atom. The zero-order valence-electron chi connectivity index (χ0n) is 16.5. The summed E-state index contributed by atoms with van der Waals surface area (Å²) in [4.78, 5) is 29.2. The second-order valence-electron chi connectivity index (χ2n) is 7.02. The lowest BCUT2D eigenvalue weighted by molar-refractivity contribution is -0.274. The molecule has 2 aromatic rings. The minimum Gasteiger partial charge on any atom is -0.481 e. The highest BCUT2D eigenvalue weighted by Crippen LogP contribution is 2.36. The van der Waals surface area contributed by atoms with Crippen LogP contribution >= 0.6 is 39.0 Å². The van der Waals surface area contributed by atoms with Crippen molar-refractivity contribution in [1.82, 2.24) is 4.98 Å². The van der Waals surface area contributed by atoms with E-state index >= 15 is 0 Å². The molecule has 1 aromatic heterocycles. The maximum absolute atomic E-state index is 13.1. The lowest BCUT2D eigenvalue weighted by atomic mass is 10.1. The molecule has 1 aromatic carbocycles. The van der Waals surface area contributed by atoms with Gasteiger partial charge in [-0.2, -0.15) is 0 Å². The molecule has 0 unspecified atom stereocenters. The van der Waals surface area contributed by atoms with Gasteiger partial charge in [-0.25, -0.2) is 9.78 Å². The standard InChI is InChI=1S/C19H19BrF3N3O4S2/c20-13-6-5-12(7-14(13)30-19(21,22)23)26(9-11-3-1-2-4-11)18(29)25-17-24-8-16(32-17)31-10-15(27)28/h5-8,11H,1-4,9-10H2,(H,27,28)(H,24,25,29). The van der Waals surface area contributed by atoms with Crippen LogP contribution in [0.2, 0.25) is 0 Å². The topological polar surface area (TPSA) is 91.8 Å². The number of carboxylic acid groups (broad SMARTS) is 1. The van der Waals surface area contributed by atoms with E-state index in [1.54, 1.807) is 0 Å². The van der Waals surface area contributed by atoms with E-state index in [0.717, 1.165) is 48.8 Å². The molecule has 1 heterocycles. The number of rotatable bonds is 8. The molecule has 2 amide bonds. The van der Waals surface area contributed by atoms with E-state index in [1.807, 2.05) is 0 Å². The molecule has 174 valence electrons. The van der Waals surface area contributed by atoms with Gasteiger partial charge in [0.1, 0.15) is 5.75 Å². The predicted octanol–water partition coefficient (Wildman–Crippen LogP) is 6.21. The SMILES string of the molecule is O=C(O)CSc1cnc(NC(=O)N(CC2CCCC2)c2ccc(Br)c(OC(F)(F)F)c2)s1. The van der Waals surface area contributed by atoms with E-state index in [0.29, 0.717) is 10.8 Å². The normalized spacial score (nSPS) is 14.4. The molecule has 3 rings (SSSR count). The van der Waals surface area contributed by atoms with Gasteiger partial charge in [0.25, 0.3) is 0 Å². The highest BCUT2D eigenvalue weighted by molar-refractivity contribution is 9.10. The molecule has 0 spiro atoms. The van der Waals surface area contributed by atoms with E-state index < -0.39 is 24.1 Å². The van der Waals surface area contributed by atoms with Crippen LogP contribution in [0, 0.1) is 5.92 Å². The van der Waals surface area contributed by atoms with Gasteiger partial charge in [-0.1, -0.05) is 24.2 Å². The highest BCUT2D eigenvalue weighted by atomic mass is 79.9. The summed E-state index contributed by atoms with van der Waals surface area (Å²) in [5.74, 6) is -1.32. The van der Waals surface area contributed by atoms with Crippen molar-refractivity contribution < 1.29 is 32.6 Å². The number of carbonyl (C=O) groups excluding carboxylic acids is 1. The van der Waals surface area contributed by atoms with E-state index in [2.05, 4.69) is 31.0 Å². The number of thiazole rings is 1. The molecule has 1 aliphatic carbocycles. The van der Waals surface area contributed by atoms with Crippen molar-refractivity contribution in [3.63, 3.8) is 0 Å². The van der Waals surface area contributed by atoms with Gasteiger partial charge in [0.15, 0.2) is 5.13 Å². The van der Waals surface area contributed by atoms with E-state index in [9.17, 15) is 22.8 Å². The fourth-order valence-electron chi connectivity index (χ4n) is 3.30. The van der Waals surface area contributed by atoms with Crippen LogP contribution in [0.3, 0.4) is 0 Å². The van der Waals surface area contributed by atoms with Crippen LogP contribution in [-0.2, 0) is 4.79 Å². The third-order valence-electron chi connectivity index (χ3n) is 4.65. The Labute approximate surface area is 198 Å². The van der Waals surface area contributed by atoms with Crippen LogP contribution in [-0.4, -0.2) is 40.8 Å². The molecular weight excluding hydrogens is 535 g/mol. The van der Waals surface area contributed by atoms with Gasteiger partial charge in [0, 0.05) is 18.3 Å². The van der Waals surface area contributed by atoms with E-state index in [1.165, 1.54) is 29.3 Å². The number of alkyl halides is 3. The maximum atomic E-state index is 13.1. The number of anilines is 2. The number of aliphatic carboxylic acids is 1. The molecule has 0 saturated heterocycles. The Hall–Kier alpha value is -1.99. The first-order valence-electron chi connectivity index (χ1n) is 9.55. The molecule has 1 saturated carbocycles. The lowest BCUT2D eigenvalue weighted by Crippen LogP contribution is -2.38. The van der Waals surface area contributed by atoms with Gasteiger partial charge in [-0.15, -0.1) is 24.9 Å². The molecule has 0 aliphatic heterocycles. The molecule has 0 atom stereocenters.